The molecule has 0 aliphatic carbocycles. The highest BCUT2D eigenvalue weighted by atomic mass is 35.5. The van der Waals surface area contributed by atoms with Crippen molar-refractivity contribution in [1.29, 1.82) is 0 Å². The van der Waals surface area contributed by atoms with Gasteiger partial charge in [-0.2, -0.15) is 0 Å². The molecule has 0 radical (unpaired) electrons. The van der Waals surface area contributed by atoms with Gasteiger partial charge in [0.05, 0.1) is 25.0 Å². The summed E-state index contributed by atoms with van der Waals surface area (Å²) in [6.07, 6.45) is 4.66. The third-order valence-electron chi connectivity index (χ3n) is 5.44. The van der Waals surface area contributed by atoms with E-state index in [2.05, 4.69) is 9.97 Å². The Kier molecular flexibility index (Phi) is 4.36. The molecule has 3 heterocycles. The summed E-state index contributed by atoms with van der Waals surface area (Å²) in [6.45, 7) is 1.11. The maximum Gasteiger partial charge on any atom is 0.227 e. The summed E-state index contributed by atoms with van der Waals surface area (Å²) in [5.74, 6) is -0.193. The molecule has 0 unspecified atom stereocenters. The number of nitrogens with one attached hydrogen (secondary N) is 1. The third kappa shape index (κ3) is 3.29. The highest BCUT2D eigenvalue weighted by molar-refractivity contribution is 6.31. The largest absolute Gasteiger partial charge is 0.361 e. The molecule has 4 aromatic rings. The van der Waals surface area contributed by atoms with E-state index < -0.39 is 0 Å². The van der Waals surface area contributed by atoms with Crippen molar-refractivity contribution in [3.63, 3.8) is 0 Å². The Balaban J connectivity index is 1.34. The van der Waals surface area contributed by atoms with Crippen molar-refractivity contribution in [1.82, 2.24) is 19.4 Å². The number of nitrogens with zero attached hydrogens (tertiary/aromatic N) is 3. The molecule has 29 heavy (non-hydrogen) atoms. The lowest BCUT2D eigenvalue weighted by atomic mass is 10.1. The van der Waals surface area contributed by atoms with Crippen LogP contribution in [0.3, 0.4) is 0 Å². The lowest BCUT2D eigenvalue weighted by Gasteiger charge is -2.27. The SMILES string of the molecule is O=C(Cc1c[nH]c2cc(Cl)ccc12)N1CCc2c(ncn2-c2ccc(F)cc2)C1. The fraction of sp³-hybridized carbons (Fsp3) is 0.182. The molecule has 0 atom stereocenters. The molecule has 1 N–H and O–H groups in total. The Bertz CT molecular complexity index is 1210. The van der Waals surface area contributed by atoms with E-state index in [1.807, 2.05) is 33.9 Å². The van der Waals surface area contributed by atoms with Gasteiger partial charge in [0.25, 0.3) is 0 Å². The molecule has 0 bridgehead atoms. The van der Waals surface area contributed by atoms with E-state index in [0.717, 1.165) is 33.5 Å². The number of fused-ring (bicyclic) bond motifs is 2. The molecule has 5 rings (SSSR count). The number of hydrogen-bond acceptors (Lipinski definition) is 2. The Hall–Kier alpha value is -3.12. The number of hydrogen-bond donors (Lipinski definition) is 1. The van der Waals surface area contributed by atoms with Gasteiger partial charge in [-0.25, -0.2) is 9.37 Å². The van der Waals surface area contributed by atoms with Crippen LogP contribution in [0.4, 0.5) is 4.39 Å². The number of H-pyrrole nitrogens is 1. The first-order chi connectivity index (χ1) is 14.1. The average Bonchev–Trinajstić information content (AvgIpc) is 3.32. The van der Waals surface area contributed by atoms with Gasteiger partial charge in [-0.3, -0.25) is 4.79 Å². The van der Waals surface area contributed by atoms with Crippen LogP contribution in [0.2, 0.25) is 5.02 Å². The van der Waals surface area contributed by atoms with Gasteiger partial charge in [0.15, 0.2) is 0 Å². The van der Waals surface area contributed by atoms with Crippen molar-refractivity contribution >= 4 is 28.4 Å². The monoisotopic (exact) mass is 408 g/mol. The second-order valence-electron chi connectivity index (χ2n) is 7.23. The summed E-state index contributed by atoms with van der Waals surface area (Å²) in [7, 11) is 0. The van der Waals surface area contributed by atoms with Gasteiger partial charge in [0.1, 0.15) is 5.82 Å². The predicted octanol–water partition coefficient (Wildman–Crippen LogP) is 4.27. The van der Waals surface area contributed by atoms with Gasteiger partial charge in [-0.05, 0) is 42.0 Å². The molecular formula is C22H18ClFN4O. The standard InChI is InChI=1S/C22H18ClFN4O/c23-15-1-6-18-14(11-25-19(18)10-15)9-22(29)27-8-7-21-20(12-27)26-13-28(21)17-4-2-16(24)3-5-17/h1-6,10-11,13,25H,7-9,12H2. The summed E-state index contributed by atoms with van der Waals surface area (Å²) in [5, 5.41) is 1.68. The molecule has 0 saturated carbocycles. The van der Waals surface area contributed by atoms with E-state index >= 15 is 0 Å². The summed E-state index contributed by atoms with van der Waals surface area (Å²) < 4.78 is 15.2. The van der Waals surface area contributed by atoms with Gasteiger partial charge >= 0.3 is 0 Å². The maximum atomic E-state index is 13.2. The molecule has 0 fully saturated rings. The predicted molar refractivity (Wildman–Crippen MR) is 110 cm³/mol. The summed E-state index contributed by atoms with van der Waals surface area (Å²) in [4.78, 5) is 22.4. The number of benzene rings is 2. The van der Waals surface area contributed by atoms with Crippen LogP contribution in [0.15, 0.2) is 55.0 Å². The zero-order valence-corrected chi connectivity index (χ0v) is 16.3. The molecule has 0 saturated heterocycles. The number of aromatic amines is 1. The molecule has 1 aliphatic heterocycles. The van der Waals surface area contributed by atoms with Crippen LogP contribution in [0.5, 0.6) is 0 Å². The minimum atomic E-state index is -0.265. The minimum Gasteiger partial charge on any atom is -0.361 e. The molecule has 146 valence electrons. The summed E-state index contributed by atoms with van der Waals surface area (Å²) >= 11 is 6.03. The van der Waals surface area contributed by atoms with Gasteiger partial charge in [-0.15, -0.1) is 0 Å². The first-order valence-electron chi connectivity index (χ1n) is 9.43. The molecule has 1 amide bonds. The van der Waals surface area contributed by atoms with Crippen molar-refractivity contribution < 1.29 is 9.18 Å². The second-order valence-corrected chi connectivity index (χ2v) is 7.67. The number of rotatable bonds is 3. The highest BCUT2D eigenvalue weighted by Crippen LogP contribution is 2.25. The first kappa shape index (κ1) is 17.9. The number of carbonyl (C=O) groups excluding carboxylic acids is 1. The Morgan fingerprint density at radius 3 is 2.86 bits per heavy atom. The summed E-state index contributed by atoms with van der Waals surface area (Å²) in [5.41, 5.74) is 4.72. The van der Waals surface area contributed by atoms with Crippen LogP contribution in [0, 0.1) is 5.82 Å². The van der Waals surface area contributed by atoms with Crippen LogP contribution in [0.25, 0.3) is 16.6 Å². The lowest BCUT2D eigenvalue weighted by Crippen LogP contribution is -2.37. The molecule has 7 heteroatoms. The third-order valence-corrected chi connectivity index (χ3v) is 5.68. The van der Waals surface area contributed by atoms with Gasteiger partial charge in [-0.1, -0.05) is 17.7 Å². The number of imidazole rings is 1. The normalized spacial score (nSPS) is 13.7. The Morgan fingerprint density at radius 2 is 2.03 bits per heavy atom. The number of carbonyl (C=O) groups is 1. The quantitative estimate of drug-likeness (QED) is 0.550. The van der Waals surface area contributed by atoms with Crippen molar-refractivity contribution in [2.75, 3.05) is 6.54 Å². The zero-order chi connectivity index (χ0) is 20.0. The number of amides is 1. The molecule has 1 aliphatic rings. The summed E-state index contributed by atoms with van der Waals surface area (Å²) in [6, 6.07) is 12.0. The van der Waals surface area contributed by atoms with E-state index in [1.165, 1.54) is 12.1 Å². The van der Waals surface area contributed by atoms with Gasteiger partial charge < -0.3 is 14.5 Å². The molecule has 2 aromatic carbocycles. The minimum absolute atomic E-state index is 0.0721. The fourth-order valence-electron chi connectivity index (χ4n) is 3.92. The van der Waals surface area contributed by atoms with E-state index in [4.69, 9.17) is 11.6 Å². The molecule has 5 nitrogen and oxygen atoms in total. The Morgan fingerprint density at radius 1 is 1.21 bits per heavy atom. The first-order valence-corrected chi connectivity index (χ1v) is 9.80. The van der Waals surface area contributed by atoms with Crippen LogP contribution < -0.4 is 0 Å². The highest BCUT2D eigenvalue weighted by Gasteiger charge is 2.25. The van der Waals surface area contributed by atoms with E-state index in [1.54, 1.807) is 18.5 Å². The van der Waals surface area contributed by atoms with Gasteiger partial charge in [0.2, 0.25) is 5.91 Å². The van der Waals surface area contributed by atoms with E-state index in [0.29, 0.717) is 31.0 Å². The van der Waals surface area contributed by atoms with Crippen molar-refractivity contribution in [3.8, 4) is 5.69 Å². The lowest BCUT2D eigenvalue weighted by molar-refractivity contribution is -0.131. The number of halogens is 2. The van der Waals surface area contributed by atoms with Crippen molar-refractivity contribution in [2.45, 2.75) is 19.4 Å². The van der Waals surface area contributed by atoms with Crippen molar-refractivity contribution in [3.05, 3.63) is 82.8 Å². The topological polar surface area (TPSA) is 53.9 Å². The Labute approximate surface area is 171 Å². The molecular weight excluding hydrogens is 391 g/mol. The zero-order valence-electron chi connectivity index (χ0n) is 15.5. The number of aromatic nitrogens is 3. The van der Waals surface area contributed by atoms with Crippen molar-refractivity contribution in [2.24, 2.45) is 0 Å². The average molecular weight is 409 g/mol. The van der Waals surface area contributed by atoms with E-state index in [-0.39, 0.29) is 11.7 Å². The molecule has 0 spiro atoms. The second kappa shape index (κ2) is 7.04. The van der Waals surface area contributed by atoms with Gasteiger partial charge in [0, 0.05) is 46.5 Å². The molecule has 2 aromatic heterocycles. The van der Waals surface area contributed by atoms with Crippen LogP contribution >= 0.6 is 11.6 Å². The van der Waals surface area contributed by atoms with Crippen LogP contribution in [0.1, 0.15) is 17.0 Å². The fourth-order valence-corrected chi connectivity index (χ4v) is 4.10. The maximum absolute atomic E-state index is 13.2. The van der Waals surface area contributed by atoms with E-state index in [9.17, 15) is 9.18 Å². The van der Waals surface area contributed by atoms with Crippen LogP contribution in [-0.4, -0.2) is 31.9 Å². The smallest absolute Gasteiger partial charge is 0.227 e. The van der Waals surface area contributed by atoms with Crippen LogP contribution in [-0.2, 0) is 24.2 Å².